The average molecular weight is 348 g/mol. The van der Waals surface area contributed by atoms with Crippen LogP contribution < -0.4 is 5.32 Å². The zero-order valence-corrected chi connectivity index (χ0v) is 14.5. The zero-order valence-electron chi connectivity index (χ0n) is 14.5. The molecule has 0 spiro atoms. The maximum atomic E-state index is 13.2. The van der Waals surface area contributed by atoms with Crippen molar-refractivity contribution in [2.24, 2.45) is 11.8 Å². The van der Waals surface area contributed by atoms with Gasteiger partial charge < -0.3 is 15.0 Å². The number of ether oxygens (including phenoxy) is 1. The van der Waals surface area contributed by atoms with Gasteiger partial charge in [-0.3, -0.25) is 9.59 Å². The first-order chi connectivity index (χ1) is 12.1. The van der Waals surface area contributed by atoms with Crippen LogP contribution in [-0.4, -0.2) is 43.5 Å². The Morgan fingerprint density at radius 3 is 2.48 bits per heavy atom. The van der Waals surface area contributed by atoms with Gasteiger partial charge in [0.2, 0.25) is 11.8 Å². The number of hydrogen-bond acceptors (Lipinski definition) is 3. The number of hydrogen-bond donors (Lipinski definition) is 1. The fourth-order valence-electron chi connectivity index (χ4n) is 3.45. The molecule has 2 aliphatic rings. The first kappa shape index (κ1) is 17.9. The number of piperidine rings is 1. The summed E-state index contributed by atoms with van der Waals surface area (Å²) in [5.41, 5.74) is 0.939. The van der Waals surface area contributed by atoms with E-state index in [0.717, 1.165) is 24.8 Å². The monoisotopic (exact) mass is 348 g/mol. The van der Waals surface area contributed by atoms with E-state index in [4.69, 9.17) is 4.74 Å². The van der Waals surface area contributed by atoms with Crippen LogP contribution >= 0.6 is 0 Å². The quantitative estimate of drug-likeness (QED) is 0.803. The van der Waals surface area contributed by atoms with Crippen molar-refractivity contribution in [1.29, 1.82) is 0 Å². The molecule has 2 atom stereocenters. The Balaban J connectivity index is 1.71. The van der Waals surface area contributed by atoms with Gasteiger partial charge in [0, 0.05) is 26.1 Å². The highest BCUT2D eigenvalue weighted by Gasteiger charge is 2.41. The fraction of sp³-hybridized carbons (Fsp3) is 0.579. The highest BCUT2D eigenvalue weighted by atomic mass is 19.1. The van der Waals surface area contributed by atoms with E-state index in [1.165, 1.54) is 12.1 Å². The molecular weight excluding hydrogens is 323 g/mol. The lowest BCUT2D eigenvalue weighted by Crippen LogP contribution is -2.47. The van der Waals surface area contributed by atoms with E-state index in [1.54, 1.807) is 19.2 Å². The lowest BCUT2D eigenvalue weighted by molar-refractivity contribution is -0.140. The summed E-state index contributed by atoms with van der Waals surface area (Å²) in [4.78, 5) is 26.9. The topological polar surface area (TPSA) is 58.6 Å². The largest absolute Gasteiger partial charge is 0.383 e. The van der Waals surface area contributed by atoms with Gasteiger partial charge in [0.15, 0.2) is 0 Å². The first-order valence-electron chi connectivity index (χ1n) is 8.92. The Hall–Kier alpha value is -1.95. The molecule has 1 saturated carbocycles. The molecule has 1 saturated heterocycles. The highest BCUT2D eigenvalue weighted by molar-refractivity contribution is 5.84. The van der Waals surface area contributed by atoms with Crippen molar-refractivity contribution in [2.45, 2.75) is 31.7 Å². The van der Waals surface area contributed by atoms with Crippen molar-refractivity contribution in [3.8, 4) is 0 Å². The molecule has 1 heterocycles. The van der Waals surface area contributed by atoms with Crippen LogP contribution in [0.2, 0.25) is 0 Å². The van der Waals surface area contributed by atoms with Crippen molar-refractivity contribution < 1.29 is 18.7 Å². The van der Waals surface area contributed by atoms with Crippen LogP contribution in [0.5, 0.6) is 0 Å². The minimum Gasteiger partial charge on any atom is -0.383 e. The molecule has 0 radical (unpaired) electrons. The molecule has 1 aliphatic carbocycles. The summed E-state index contributed by atoms with van der Waals surface area (Å²) in [5, 5.41) is 2.87. The number of carbonyl (C=O) groups excluding carboxylic acids is 2. The zero-order chi connectivity index (χ0) is 17.8. The molecule has 2 amide bonds. The number of likely N-dealkylation sites (tertiary alicyclic amines) is 1. The number of benzene rings is 1. The first-order valence-corrected chi connectivity index (χ1v) is 8.92. The molecule has 6 heteroatoms. The summed E-state index contributed by atoms with van der Waals surface area (Å²) in [6.07, 6.45) is 3.29. The van der Waals surface area contributed by atoms with E-state index in [2.05, 4.69) is 5.32 Å². The summed E-state index contributed by atoms with van der Waals surface area (Å²) in [6.45, 7) is 1.38. The third-order valence-corrected chi connectivity index (χ3v) is 5.02. The van der Waals surface area contributed by atoms with Gasteiger partial charge in [0.1, 0.15) is 5.82 Å². The van der Waals surface area contributed by atoms with Crippen LogP contribution in [0.15, 0.2) is 24.3 Å². The molecule has 5 nitrogen and oxygen atoms in total. The lowest BCUT2D eigenvalue weighted by atomic mass is 9.88. The van der Waals surface area contributed by atoms with Gasteiger partial charge in [0.05, 0.1) is 18.6 Å². The van der Waals surface area contributed by atoms with E-state index in [9.17, 15) is 14.0 Å². The third-order valence-electron chi connectivity index (χ3n) is 5.02. The lowest BCUT2D eigenvalue weighted by Gasteiger charge is -2.39. The molecule has 3 rings (SSSR count). The summed E-state index contributed by atoms with van der Waals surface area (Å²) < 4.78 is 18.2. The van der Waals surface area contributed by atoms with Crippen LogP contribution in [-0.2, 0) is 14.3 Å². The standard InChI is InChI=1S/C19H25FN2O3/c1-25-11-10-21-18(23)15-6-9-17(13-4-7-16(20)8-5-13)22(12-15)19(24)14-2-3-14/h4-5,7-8,14-15,17H,2-3,6,9-12H2,1H3,(H,21,23). The SMILES string of the molecule is COCCNC(=O)C1CCC(c2ccc(F)cc2)N(C(=O)C2CC2)C1. The number of nitrogens with zero attached hydrogens (tertiary/aromatic N) is 1. The smallest absolute Gasteiger partial charge is 0.226 e. The average Bonchev–Trinajstić information content (AvgIpc) is 3.46. The number of amides is 2. The normalized spacial score (nSPS) is 23.4. The van der Waals surface area contributed by atoms with Gasteiger partial charge in [-0.05, 0) is 43.4 Å². The van der Waals surface area contributed by atoms with E-state index in [0.29, 0.717) is 26.1 Å². The van der Waals surface area contributed by atoms with Crippen molar-refractivity contribution in [1.82, 2.24) is 10.2 Å². The molecule has 0 bridgehead atoms. The highest BCUT2D eigenvalue weighted by Crippen LogP contribution is 2.39. The maximum absolute atomic E-state index is 13.2. The Labute approximate surface area is 147 Å². The van der Waals surface area contributed by atoms with Crippen LogP contribution in [0.4, 0.5) is 4.39 Å². The van der Waals surface area contributed by atoms with Gasteiger partial charge in [0.25, 0.3) is 0 Å². The molecule has 1 aromatic carbocycles. The summed E-state index contributed by atoms with van der Waals surface area (Å²) >= 11 is 0. The number of carbonyl (C=O) groups is 2. The number of halogens is 1. The van der Waals surface area contributed by atoms with Gasteiger partial charge in [-0.2, -0.15) is 0 Å². The second kappa shape index (κ2) is 7.95. The molecule has 2 unspecified atom stereocenters. The van der Waals surface area contributed by atoms with E-state index >= 15 is 0 Å². The second-order valence-corrected chi connectivity index (χ2v) is 6.89. The van der Waals surface area contributed by atoms with Gasteiger partial charge in [-0.1, -0.05) is 12.1 Å². The molecule has 2 fully saturated rings. The Kier molecular flexibility index (Phi) is 5.68. The van der Waals surface area contributed by atoms with E-state index in [-0.39, 0.29) is 35.5 Å². The van der Waals surface area contributed by atoms with Crippen molar-refractivity contribution in [3.05, 3.63) is 35.6 Å². The number of methoxy groups -OCH3 is 1. The molecule has 1 N–H and O–H groups in total. The Morgan fingerprint density at radius 2 is 1.84 bits per heavy atom. The predicted octanol–water partition coefficient (Wildman–Crippen LogP) is 2.28. The van der Waals surface area contributed by atoms with Crippen molar-refractivity contribution in [2.75, 3.05) is 26.8 Å². The van der Waals surface area contributed by atoms with E-state index < -0.39 is 0 Å². The Bertz CT molecular complexity index is 616. The van der Waals surface area contributed by atoms with Crippen LogP contribution in [0, 0.1) is 17.7 Å². The van der Waals surface area contributed by atoms with Gasteiger partial charge in [-0.25, -0.2) is 4.39 Å². The second-order valence-electron chi connectivity index (χ2n) is 6.89. The van der Waals surface area contributed by atoms with Gasteiger partial charge >= 0.3 is 0 Å². The van der Waals surface area contributed by atoms with Crippen molar-refractivity contribution in [3.63, 3.8) is 0 Å². The molecule has 1 aliphatic heterocycles. The predicted molar refractivity (Wildman–Crippen MR) is 91.2 cm³/mol. The third kappa shape index (κ3) is 4.37. The summed E-state index contributed by atoms with van der Waals surface area (Å²) in [6, 6.07) is 6.27. The molecular formula is C19H25FN2O3. The maximum Gasteiger partial charge on any atom is 0.226 e. The molecule has 0 aromatic heterocycles. The Morgan fingerprint density at radius 1 is 1.16 bits per heavy atom. The van der Waals surface area contributed by atoms with Crippen LogP contribution in [0.1, 0.15) is 37.3 Å². The van der Waals surface area contributed by atoms with Crippen LogP contribution in [0.3, 0.4) is 0 Å². The molecule has 1 aromatic rings. The van der Waals surface area contributed by atoms with Crippen LogP contribution in [0.25, 0.3) is 0 Å². The van der Waals surface area contributed by atoms with Crippen molar-refractivity contribution >= 4 is 11.8 Å². The number of nitrogens with one attached hydrogen (secondary N) is 1. The van der Waals surface area contributed by atoms with E-state index in [1.807, 2.05) is 4.90 Å². The minimum absolute atomic E-state index is 0.0248. The molecule has 25 heavy (non-hydrogen) atoms. The summed E-state index contributed by atoms with van der Waals surface area (Å²) in [5.74, 6) is -0.281. The minimum atomic E-state index is -0.282. The fourth-order valence-corrected chi connectivity index (χ4v) is 3.45. The summed E-state index contributed by atoms with van der Waals surface area (Å²) in [7, 11) is 1.59. The number of rotatable bonds is 6. The molecule has 136 valence electrons. The van der Waals surface area contributed by atoms with Gasteiger partial charge in [-0.15, -0.1) is 0 Å².